The molecule has 0 radical (unpaired) electrons. The maximum atomic E-state index is 5.42. The summed E-state index contributed by atoms with van der Waals surface area (Å²) < 4.78 is 10.8. The van der Waals surface area contributed by atoms with Gasteiger partial charge in [0, 0.05) is 12.6 Å². The van der Waals surface area contributed by atoms with E-state index in [1.807, 2.05) is 6.07 Å². The Kier molecular flexibility index (Phi) is 3.40. The van der Waals surface area contributed by atoms with Crippen LogP contribution in [0.15, 0.2) is 18.2 Å². The SMILES string of the molecule is CC1(C)CCCCC1NCc1ccc2c(c1)OCO2. The Bertz CT molecular complexity index is 456. The predicted octanol–water partition coefficient (Wildman–Crippen LogP) is 3.47. The van der Waals surface area contributed by atoms with Crippen molar-refractivity contribution in [2.24, 2.45) is 5.41 Å². The van der Waals surface area contributed by atoms with Gasteiger partial charge in [-0.1, -0.05) is 32.8 Å². The fourth-order valence-electron chi connectivity index (χ4n) is 3.16. The average molecular weight is 261 g/mol. The van der Waals surface area contributed by atoms with Crippen LogP contribution in [-0.4, -0.2) is 12.8 Å². The van der Waals surface area contributed by atoms with Crippen molar-refractivity contribution in [1.82, 2.24) is 5.32 Å². The third-order valence-electron chi connectivity index (χ3n) is 4.50. The highest BCUT2D eigenvalue weighted by Crippen LogP contribution is 2.36. The van der Waals surface area contributed by atoms with Gasteiger partial charge in [0.2, 0.25) is 6.79 Å². The molecule has 1 atom stereocenters. The number of nitrogens with one attached hydrogen (secondary N) is 1. The van der Waals surface area contributed by atoms with Crippen LogP contribution in [0.1, 0.15) is 45.1 Å². The summed E-state index contributed by atoms with van der Waals surface area (Å²) >= 11 is 0. The zero-order valence-corrected chi connectivity index (χ0v) is 11.9. The lowest BCUT2D eigenvalue weighted by atomic mass is 9.73. The van der Waals surface area contributed by atoms with Gasteiger partial charge in [-0.3, -0.25) is 0 Å². The molecule has 0 amide bonds. The zero-order valence-electron chi connectivity index (χ0n) is 11.9. The summed E-state index contributed by atoms with van der Waals surface area (Å²) in [4.78, 5) is 0. The topological polar surface area (TPSA) is 30.5 Å². The van der Waals surface area contributed by atoms with Crippen LogP contribution in [0, 0.1) is 5.41 Å². The van der Waals surface area contributed by atoms with Crippen LogP contribution in [0.4, 0.5) is 0 Å². The highest BCUT2D eigenvalue weighted by atomic mass is 16.7. The first kappa shape index (κ1) is 12.8. The number of benzene rings is 1. The van der Waals surface area contributed by atoms with Gasteiger partial charge in [-0.15, -0.1) is 0 Å². The van der Waals surface area contributed by atoms with Crippen molar-refractivity contribution in [1.29, 1.82) is 0 Å². The number of fused-ring (bicyclic) bond motifs is 1. The fraction of sp³-hybridized carbons (Fsp3) is 0.625. The van der Waals surface area contributed by atoms with Crippen LogP contribution in [0.3, 0.4) is 0 Å². The molecule has 3 nitrogen and oxygen atoms in total. The van der Waals surface area contributed by atoms with E-state index >= 15 is 0 Å². The summed E-state index contributed by atoms with van der Waals surface area (Å²) in [6.07, 6.45) is 5.33. The predicted molar refractivity (Wildman–Crippen MR) is 75.4 cm³/mol. The summed E-state index contributed by atoms with van der Waals surface area (Å²) in [7, 11) is 0. The van der Waals surface area contributed by atoms with Crippen molar-refractivity contribution in [3.05, 3.63) is 23.8 Å². The molecule has 1 aliphatic heterocycles. The second-order valence-corrected chi connectivity index (χ2v) is 6.36. The van der Waals surface area contributed by atoms with Crippen molar-refractivity contribution in [3.8, 4) is 11.5 Å². The molecule has 1 saturated carbocycles. The maximum absolute atomic E-state index is 5.42. The number of ether oxygens (including phenoxy) is 2. The molecule has 2 aliphatic rings. The molecule has 0 saturated heterocycles. The Morgan fingerprint density at radius 3 is 2.89 bits per heavy atom. The molecule has 0 spiro atoms. The average Bonchev–Trinajstić information content (AvgIpc) is 2.84. The van der Waals surface area contributed by atoms with E-state index in [2.05, 4.69) is 31.3 Å². The molecule has 3 heteroatoms. The minimum absolute atomic E-state index is 0.349. The molecule has 104 valence electrons. The van der Waals surface area contributed by atoms with E-state index in [9.17, 15) is 0 Å². The third kappa shape index (κ3) is 2.71. The van der Waals surface area contributed by atoms with E-state index in [4.69, 9.17) is 9.47 Å². The zero-order chi connectivity index (χ0) is 13.3. The second kappa shape index (κ2) is 5.04. The molecular formula is C16H23NO2. The van der Waals surface area contributed by atoms with E-state index in [0.29, 0.717) is 18.2 Å². The lowest BCUT2D eigenvalue weighted by Crippen LogP contribution is -2.43. The highest BCUT2D eigenvalue weighted by molar-refractivity contribution is 5.44. The first-order chi connectivity index (χ1) is 9.15. The fourth-order valence-corrected chi connectivity index (χ4v) is 3.16. The van der Waals surface area contributed by atoms with Gasteiger partial charge >= 0.3 is 0 Å². The van der Waals surface area contributed by atoms with Crippen LogP contribution in [0.25, 0.3) is 0 Å². The second-order valence-electron chi connectivity index (χ2n) is 6.36. The molecule has 1 heterocycles. The van der Waals surface area contributed by atoms with Gasteiger partial charge in [0.05, 0.1) is 0 Å². The van der Waals surface area contributed by atoms with Gasteiger partial charge in [0.1, 0.15) is 0 Å². The Morgan fingerprint density at radius 1 is 1.21 bits per heavy atom. The van der Waals surface area contributed by atoms with Crippen molar-refractivity contribution in [2.45, 2.75) is 52.1 Å². The van der Waals surface area contributed by atoms with Gasteiger partial charge in [-0.25, -0.2) is 0 Å². The van der Waals surface area contributed by atoms with E-state index in [-0.39, 0.29) is 0 Å². The molecular weight excluding hydrogens is 238 g/mol. The van der Waals surface area contributed by atoms with Crippen molar-refractivity contribution < 1.29 is 9.47 Å². The summed E-state index contributed by atoms with van der Waals surface area (Å²) in [5.41, 5.74) is 1.68. The van der Waals surface area contributed by atoms with Crippen LogP contribution >= 0.6 is 0 Å². The Morgan fingerprint density at radius 2 is 2.05 bits per heavy atom. The minimum Gasteiger partial charge on any atom is -0.454 e. The van der Waals surface area contributed by atoms with E-state index in [1.165, 1.54) is 31.2 Å². The molecule has 19 heavy (non-hydrogen) atoms. The summed E-state index contributed by atoms with van der Waals surface area (Å²) in [6.45, 7) is 6.01. The molecule has 1 unspecified atom stereocenters. The Labute approximate surface area is 115 Å². The van der Waals surface area contributed by atoms with Crippen LogP contribution in [-0.2, 0) is 6.54 Å². The van der Waals surface area contributed by atoms with Gasteiger partial charge in [0.15, 0.2) is 11.5 Å². The largest absolute Gasteiger partial charge is 0.454 e. The first-order valence-electron chi connectivity index (χ1n) is 7.27. The molecule has 0 bridgehead atoms. The highest BCUT2D eigenvalue weighted by Gasteiger charge is 2.31. The molecule has 1 fully saturated rings. The monoisotopic (exact) mass is 261 g/mol. The molecule has 1 aromatic carbocycles. The van der Waals surface area contributed by atoms with Crippen LogP contribution < -0.4 is 14.8 Å². The van der Waals surface area contributed by atoms with Crippen LogP contribution in [0.2, 0.25) is 0 Å². The summed E-state index contributed by atoms with van der Waals surface area (Å²) in [6, 6.07) is 6.83. The van der Waals surface area contributed by atoms with Gasteiger partial charge in [-0.05, 0) is 36.0 Å². The molecule has 1 aromatic rings. The number of hydrogen-bond acceptors (Lipinski definition) is 3. The van der Waals surface area contributed by atoms with Crippen molar-refractivity contribution >= 4 is 0 Å². The van der Waals surface area contributed by atoms with Gasteiger partial charge in [0.25, 0.3) is 0 Å². The van der Waals surface area contributed by atoms with E-state index in [1.54, 1.807) is 0 Å². The maximum Gasteiger partial charge on any atom is 0.231 e. The normalized spacial score (nSPS) is 24.4. The molecule has 1 N–H and O–H groups in total. The minimum atomic E-state index is 0.349. The third-order valence-corrected chi connectivity index (χ3v) is 4.50. The Balaban J connectivity index is 1.62. The molecule has 3 rings (SSSR count). The summed E-state index contributed by atoms with van der Waals surface area (Å²) in [5, 5.41) is 3.72. The van der Waals surface area contributed by atoms with E-state index < -0.39 is 0 Å². The van der Waals surface area contributed by atoms with Gasteiger partial charge in [-0.2, -0.15) is 0 Å². The van der Waals surface area contributed by atoms with E-state index in [0.717, 1.165) is 18.0 Å². The lowest BCUT2D eigenvalue weighted by molar-refractivity contribution is 0.166. The lowest BCUT2D eigenvalue weighted by Gasteiger charge is -2.39. The van der Waals surface area contributed by atoms with Gasteiger partial charge < -0.3 is 14.8 Å². The first-order valence-corrected chi connectivity index (χ1v) is 7.27. The quantitative estimate of drug-likeness (QED) is 0.903. The number of rotatable bonds is 3. The van der Waals surface area contributed by atoms with Crippen molar-refractivity contribution in [2.75, 3.05) is 6.79 Å². The number of hydrogen-bond donors (Lipinski definition) is 1. The smallest absolute Gasteiger partial charge is 0.231 e. The molecule has 0 aromatic heterocycles. The van der Waals surface area contributed by atoms with Crippen molar-refractivity contribution in [3.63, 3.8) is 0 Å². The summed E-state index contributed by atoms with van der Waals surface area (Å²) in [5.74, 6) is 1.74. The standard InChI is InChI=1S/C16H23NO2/c1-16(2)8-4-3-5-15(16)17-10-12-6-7-13-14(9-12)19-11-18-13/h6-7,9,15,17H,3-5,8,10-11H2,1-2H3. The Hall–Kier alpha value is -1.22. The molecule has 1 aliphatic carbocycles. The van der Waals surface area contributed by atoms with Crippen LogP contribution in [0.5, 0.6) is 11.5 Å².